The highest BCUT2D eigenvalue weighted by molar-refractivity contribution is 6.02. The molecule has 0 spiro atoms. The molecule has 41 heavy (non-hydrogen) atoms. The molecule has 1 fully saturated rings. The van der Waals surface area contributed by atoms with E-state index in [1.54, 1.807) is 23.0 Å². The van der Waals surface area contributed by atoms with Gasteiger partial charge in [-0.2, -0.15) is 4.98 Å². The minimum atomic E-state index is -0.185. The fraction of sp³-hybridized carbons (Fsp3) is 0.355. The van der Waals surface area contributed by atoms with Crippen molar-refractivity contribution in [3.05, 3.63) is 78.5 Å². The highest BCUT2D eigenvalue weighted by atomic mass is 16.2. The summed E-state index contributed by atoms with van der Waals surface area (Å²) in [7, 11) is 3.91. The van der Waals surface area contributed by atoms with Gasteiger partial charge in [0, 0.05) is 68.1 Å². The molecule has 0 radical (unpaired) electrons. The summed E-state index contributed by atoms with van der Waals surface area (Å²) >= 11 is 0. The van der Waals surface area contributed by atoms with E-state index < -0.39 is 0 Å². The van der Waals surface area contributed by atoms with Gasteiger partial charge in [-0.25, -0.2) is 9.78 Å². The molecule has 3 aromatic rings. The summed E-state index contributed by atoms with van der Waals surface area (Å²) in [6.45, 7) is 10.2. The molecule has 0 bridgehead atoms. The zero-order valence-corrected chi connectivity index (χ0v) is 23.8. The molecule has 3 amide bonds. The zero-order chi connectivity index (χ0) is 28.7. The van der Waals surface area contributed by atoms with Crippen LogP contribution in [0.15, 0.2) is 67.4 Å². The number of benzene rings is 2. The molecule has 1 aromatic heterocycles. The summed E-state index contributed by atoms with van der Waals surface area (Å²) in [5, 5.41) is 3.29. The maximum absolute atomic E-state index is 13.7. The molecule has 10 nitrogen and oxygen atoms in total. The van der Waals surface area contributed by atoms with Crippen molar-refractivity contribution in [2.45, 2.75) is 32.0 Å². The lowest BCUT2D eigenvalue weighted by molar-refractivity contribution is -0.114. The van der Waals surface area contributed by atoms with Crippen molar-refractivity contribution in [3.8, 4) is 0 Å². The molecule has 3 aliphatic heterocycles. The minimum absolute atomic E-state index is 0.0923. The number of likely N-dealkylation sites (N-methyl/N-ethyl adjacent to an activating group) is 1. The number of carbonyl (C=O) groups is 2. The number of para-hydroxylation sites is 1. The van der Waals surface area contributed by atoms with Crippen molar-refractivity contribution in [2.24, 2.45) is 0 Å². The highest BCUT2D eigenvalue weighted by Gasteiger charge is 2.41. The molecule has 4 heterocycles. The Balaban J connectivity index is 1.21. The first-order valence-electron chi connectivity index (χ1n) is 14.1. The summed E-state index contributed by atoms with van der Waals surface area (Å²) in [4.78, 5) is 45.6. The van der Waals surface area contributed by atoms with E-state index in [-0.39, 0.29) is 24.0 Å². The Morgan fingerprint density at radius 2 is 1.78 bits per heavy atom. The maximum atomic E-state index is 13.7. The maximum Gasteiger partial charge on any atom is 0.326 e. The summed E-state index contributed by atoms with van der Waals surface area (Å²) in [5.74, 6) is 0.899. The van der Waals surface area contributed by atoms with Gasteiger partial charge >= 0.3 is 6.03 Å². The number of anilines is 5. The van der Waals surface area contributed by atoms with E-state index in [9.17, 15) is 9.59 Å². The Morgan fingerprint density at radius 1 is 1.05 bits per heavy atom. The fourth-order valence-electron chi connectivity index (χ4n) is 6.10. The number of hydrogen-bond donors (Lipinski definition) is 1. The lowest BCUT2D eigenvalue weighted by atomic mass is 9.90. The quantitative estimate of drug-likeness (QED) is 0.470. The Bertz CT molecular complexity index is 1470. The average Bonchev–Trinajstić information content (AvgIpc) is 2.99. The minimum Gasteiger partial charge on any atom is -0.369 e. The fourth-order valence-corrected chi connectivity index (χ4v) is 6.10. The summed E-state index contributed by atoms with van der Waals surface area (Å²) in [6, 6.07) is 15.7. The second-order valence-corrected chi connectivity index (χ2v) is 11.0. The van der Waals surface area contributed by atoms with Crippen LogP contribution in [0.25, 0.3) is 0 Å². The van der Waals surface area contributed by atoms with Crippen LogP contribution in [0.2, 0.25) is 0 Å². The molecule has 2 aromatic carbocycles. The van der Waals surface area contributed by atoms with Crippen molar-refractivity contribution in [1.29, 1.82) is 0 Å². The third-order valence-corrected chi connectivity index (χ3v) is 8.37. The number of nitrogens with zero attached hydrogens (tertiary/aromatic N) is 7. The molecule has 2 atom stereocenters. The van der Waals surface area contributed by atoms with Crippen LogP contribution >= 0.6 is 0 Å². The Labute approximate surface area is 240 Å². The Kier molecular flexibility index (Phi) is 7.08. The van der Waals surface area contributed by atoms with Crippen LogP contribution in [0.5, 0.6) is 0 Å². The van der Waals surface area contributed by atoms with Crippen LogP contribution < -0.4 is 20.0 Å². The van der Waals surface area contributed by atoms with Crippen LogP contribution in [-0.2, 0) is 11.3 Å². The van der Waals surface area contributed by atoms with Gasteiger partial charge in [0.15, 0.2) is 0 Å². The predicted molar refractivity (Wildman–Crippen MR) is 162 cm³/mol. The third kappa shape index (κ3) is 4.99. The number of carbonyl (C=O) groups excluding carboxylic acids is 2. The standard InChI is InChI=1S/C31H36N8O2/c1-5-28(40)39-21(2)18-27(25-8-6-7-9-26(25)39)38-20-22-19-32-30(34-29(22)36(4)31(38)41)33-23-10-12-24(13-11-23)37-16-14-35(3)15-17-37/h5-13,19,21,27H,1,14-18,20H2,2-4H3,(H,32,33,34)/t21-,27-/m0/s1. The second-order valence-electron chi connectivity index (χ2n) is 11.0. The van der Waals surface area contributed by atoms with E-state index in [1.165, 1.54) is 11.8 Å². The Hall–Kier alpha value is -4.44. The van der Waals surface area contributed by atoms with Gasteiger partial charge in [-0.15, -0.1) is 0 Å². The number of aromatic nitrogens is 2. The van der Waals surface area contributed by atoms with Crippen molar-refractivity contribution in [2.75, 3.05) is 60.3 Å². The highest BCUT2D eigenvalue weighted by Crippen LogP contribution is 2.43. The van der Waals surface area contributed by atoms with E-state index in [2.05, 4.69) is 45.9 Å². The molecular formula is C31H36N8O2. The van der Waals surface area contributed by atoms with Crippen molar-refractivity contribution in [3.63, 3.8) is 0 Å². The van der Waals surface area contributed by atoms with Crippen molar-refractivity contribution < 1.29 is 9.59 Å². The lowest BCUT2D eigenvalue weighted by Crippen LogP contribution is -2.51. The first-order chi connectivity index (χ1) is 19.8. The zero-order valence-electron chi connectivity index (χ0n) is 23.8. The summed E-state index contributed by atoms with van der Waals surface area (Å²) in [6.07, 6.45) is 3.76. The van der Waals surface area contributed by atoms with E-state index in [1.807, 2.05) is 48.2 Å². The first kappa shape index (κ1) is 26.8. The number of urea groups is 1. The normalized spacial score (nSPS) is 20.9. The van der Waals surface area contributed by atoms with Gasteiger partial charge in [0.25, 0.3) is 5.91 Å². The van der Waals surface area contributed by atoms with Crippen LogP contribution in [0, 0.1) is 0 Å². The molecule has 1 saturated heterocycles. The topological polar surface area (TPSA) is 88.2 Å². The number of hydrogen-bond acceptors (Lipinski definition) is 7. The largest absolute Gasteiger partial charge is 0.369 e. The number of nitrogens with one attached hydrogen (secondary N) is 1. The molecule has 10 heteroatoms. The number of fused-ring (bicyclic) bond motifs is 2. The van der Waals surface area contributed by atoms with Crippen molar-refractivity contribution >= 4 is 40.8 Å². The molecule has 212 valence electrons. The number of rotatable bonds is 5. The van der Waals surface area contributed by atoms with Crippen LogP contribution in [0.3, 0.4) is 0 Å². The van der Waals surface area contributed by atoms with Gasteiger partial charge < -0.3 is 24.9 Å². The first-order valence-corrected chi connectivity index (χ1v) is 14.1. The van der Waals surface area contributed by atoms with Gasteiger partial charge in [-0.1, -0.05) is 24.8 Å². The monoisotopic (exact) mass is 552 g/mol. The van der Waals surface area contributed by atoms with E-state index >= 15 is 0 Å². The van der Waals surface area contributed by atoms with E-state index in [4.69, 9.17) is 4.98 Å². The molecular weight excluding hydrogens is 516 g/mol. The number of piperazine rings is 1. The SMILES string of the molecule is C=CC(=O)N1c2ccccc2[C@@H](N2Cc3cnc(Nc4ccc(N5CCN(C)CC5)cc4)nc3N(C)C2=O)C[C@@H]1C. The molecule has 3 aliphatic rings. The lowest BCUT2D eigenvalue weighted by Gasteiger charge is -2.45. The van der Waals surface area contributed by atoms with Gasteiger partial charge in [0.1, 0.15) is 5.82 Å². The Morgan fingerprint density at radius 3 is 2.51 bits per heavy atom. The van der Waals surface area contributed by atoms with Gasteiger partial charge in [-0.3, -0.25) is 9.69 Å². The number of amides is 3. The molecule has 6 rings (SSSR count). The predicted octanol–water partition coefficient (Wildman–Crippen LogP) is 4.40. The molecule has 0 unspecified atom stereocenters. The summed E-state index contributed by atoms with van der Waals surface area (Å²) in [5.41, 5.74) is 4.73. The van der Waals surface area contributed by atoms with Gasteiger partial charge in [-0.05, 0) is 62.4 Å². The van der Waals surface area contributed by atoms with Crippen LogP contribution in [-0.4, -0.2) is 78.0 Å². The van der Waals surface area contributed by atoms with E-state index in [0.29, 0.717) is 24.7 Å². The molecule has 0 saturated carbocycles. The second kappa shape index (κ2) is 10.9. The van der Waals surface area contributed by atoms with E-state index in [0.717, 1.165) is 48.7 Å². The molecule has 0 aliphatic carbocycles. The van der Waals surface area contributed by atoms with Crippen LogP contribution in [0.4, 0.5) is 33.6 Å². The van der Waals surface area contributed by atoms with Gasteiger partial charge in [0.2, 0.25) is 5.95 Å². The van der Waals surface area contributed by atoms with Crippen LogP contribution in [0.1, 0.15) is 30.5 Å². The molecule has 1 N–H and O–H groups in total. The van der Waals surface area contributed by atoms with Gasteiger partial charge in [0.05, 0.1) is 12.6 Å². The smallest absolute Gasteiger partial charge is 0.326 e. The van der Waals surface area contributed by atoms with Crippen molar-refractivity contribution in [1.82, 2.24) is 19.8 Å². The third-order valence-electron chi connectivity index (χ3n) is 8.37. The average molecular weight is 553 g/mol. The summed E-state index contributed by atoms with van der Waals surface area (Å²) < 4.78 is 0.